The quantitative estimate of drug-likeness (QED) is 0.418. The van der Waals surface area contributed by atoms with E-state index in [2.05, 4.69) is 12.2 Å². The number of nitrogens with one attached hydrogen (secondary N) is 1. The van der Waals surface area contributed by atoms with Crippen LogP contribution in [0, 0.1) is 5.82 Å². The number of ether oxygens (including phenoxy) is 2. The molecule has 2 aromatic rings. The SMILES string of the molecule is CCCCOc1c2n(cc(C(=O)NCc3cccc(Cl)c3F)c1=O)C1(CC(OCCCC)C1)CN(C)C2=O. The second-order valence-corrected chi connectivity index (χ2v) is 10.6. The van der Waals surface area contributed by atoms with Crippen molar-refractivity contribution in [3.8, 4) is 5.75 Å². The molecule has 1 aromatic carbocycles. The van der Waals surface area contributed by atoms with Crippen LogP contribution in [0.3, 0.4) is 0 Å². The predicted octanol–water partition coefficient (Wildman–Crippen LogP) is 4.51. The number of hydrogen-bond acceptors (Lipinski definition) is 5. The van der Waals surface area contributed by atoms with Gasteiger partial charge in [0.15, 0.2) is 11.4 Å². The summed E-state index contributed by atoms with van der Waals surface area (Å²) in [5.41, 5.74) is -0.980. The lowest BCUT2D eigenvalue weighted by Crippen LogP contribution is -2.61. The highest BCUT2D eigenvalue weighted by Crippen LogP contribution is 2.46. The van der Waals surface area contributed by atoms with Gasteiger partial charge in [-0.3, -0.25) is 14.4 Å². The fourth-order valence-electron chi connectivity index (χ4n) is 5.13. The fraction of sp³-hybridized carbons (Fsp3) is 0.536. The fourth-order valence-corrected chi connectivity index (χ4v) is 5.33. The molecule has 1 aromatic heterocycles. The predicted molar refractivity (Wildman–Crippen MR) is 143 cm³/mol. The molecule has 206 valence electrons. The molecule has 38 heavy (non-hydrogen) atoms. The lowest BCUT2D eigenvalue weighted by Gasteiger charge is -2.53. The van der Waals surface area contributed by atoms with Crippen LogP contribution in [0.1, 0.15) is 78.8 Å². The van der Waals surface area contributed by atoms with E-state index in [-0.39, 0.29) is 52.8 Å². The Bertz CT molecular complexity index is 1260. The van der Waals surface area contributed by atoms with E-state index in [1.165, 1.54) is 18.3 Å². The van der Waals surface area contributed by atoms with Gasteiger partial charge in [-0.15, -0.1) is 0 Å². The number of hydrogen-bond donors (Lipinski definition) is 1. The van der Waals surface area contributed by atoms with E-state index in [1.54, 1.807) is 22.6 Å². The zero-order valence-corrected chi connectivity index (χ0v) is 22.9. The van der Waals surface area contributed by atoms with Gasteiger partial charge in [-0.05, 0) is 31.7 Å². The lowest BCUT2D eigenvalue weighted by molar-refractivity contribution is -0.0867. The maximum absolute atomic E-state index is 14.4. The molecular formula is C28H35ClFN3O5. The summed E-state index contributed by atoms with van der Waals surface area (Å²) in [6, 6.07) is 4.52. The Kier molecular flexibility index (Phi) is 8.78. The van der Waals surface area contributed by atoms with E-state index in [0.29, 0.717) is 32.4 Å². The van der Waals surface area contributed by atoms with Gasteiger partial charge in [0.2, 0.25) is 5.43 Å². The third kappa shape index (κ3) is 5.45. The number of fused-ring (bicyclic) bond motifs is 2. The normalized spacial score (nSPS) is 20.3. The van der Waals surface area contributed by atoms with E-state index in [1.807, 2.05) is 6.92 Å². The largest absolute Gasteiger partial charge is 0.487 e. The van der Waals surface area contributed by atoms with Gasteiger partial charge in [-0.2, -0.15) is 0 Å². The van der Waals surface area contributed by atoms with Crippen LogP contribution in [-0.4, -0.2) is 54.2 Å². The Balaban J connectivity index is 1.70. The third-order valence-electron chi connectivity index (χ3n) is 7.28. The molecule has 1 aliphatic heterocycles. The van der Waals surface area contributed by atoms with Gasteiger partial charge in [0.1, 0.15) is 11.4 Å². The Morgan fingerprint density at radius 2 is 1.89 bits per heavy atom. The van der Waals surface area contributed by atoms with E-state index >= 15 is 0 Å². The number of benzene rings is 1. The van der Waals surface area contributed by atoms with Crippen molar-refractivity contribution in [2.24, 2.45) is 0 Å². The van der Waals surface area contributed by atoms with E-state index in [4.69, 9.17) is 21.1 Å². The Hall–Kier alpha value is -2.91. The number of carbonyl (C=O) groups is 2. The van der Waals surface area contributed by atoms with Crippen molar-refractivity contribution in [1.29, 1.82) is 0 Å². The summed E-state index contributed by atoms with van der Waals surface area (Å²) in [5, 5.41) is 2.57. The zero-order chi connectivity index (χ0) is 27.4. The van der Waals surface area contributed by atoms with E-state index in [9.17, 15) is 18.8 Å². The van der Waals surface area contributed by atoms with Crippen LogP contribution in [0.2, 0.25) is 5.02 Å². The van der Waals surface area contributed by atoms with E-state index in [0.717, 1.165) is 19.3 Å². The van der Waals surface area contributed by atoms with Crippen molar-refractivity contribution in [3.63, 3.8) is 0 Å². The molecule has 8 nitrogen and oxygen atoms in total. The third-order valence-corrected chi connectivity index (χ3v) is 7.58. The van der Waals surface area contributed by atoms with Crippen molar-refractivity contribution in [3.05, 3.63) is 62.3 Å². The van der Waals surface area contributed by atoms with Gasteiger partial charge in [0, 0.05) is 38.5 Å². The Morgan fingerprint density at radius 1 is 1.18 bits per heavy atom. The van der Waals surface area contributed by atoms with Crippen LogP contribution in [0.15, 0.2) is 29.2 Å². The zero-order valence-electron chi connectivity index (χ0n) is 22.1. The molecule has 2 amide bonds. The van der Waals surface area contributed by atoms with Gasteiger partial charge in [-0.25, -0.2) is 4.39 Å². The van der Waals surface area contributed by atoms with E-state index < -0.39 is 22.7 Å². The number of aromatic nitrogens is 1. The maximum Gasteiger partial charge on any atom is 0.274 e. The number of carbonyl (C=O) groups excluding carboxylic acids is 2. The second kappa shape index (κ2) is 11.9. The van der Waals surface area contributed by atoms with Crippen LogP contribution in [-0.2, 0) is 16.8 Å². The van der Waals surface area contributed by atoms with Gasteiger partial charge < -0.3 is 24.3 Å². The first kappa shape index (κ1) is 28.1. The minimum absolute atomic E-state index is 0.0305. The minimum atomic E-state index is -0.679. The molecule has 1 spiro atoms. The molecule has 0 radical (unpaired) electrons. The van der Waals surface area contributed by atoms with Crippen LogP contribution in [0.4, 0.5) is 4.39 Å². The highest BCUT2D eigenvalue weighted by Gasteiger charge is 2.52. The van der Waals surface area contributed by atoms with Crippen LogP contribution < -0.4 is 15.5 Å². The molecule has 0 unspecified atom stereocenters. The molecule has 1 saturated carbocycles. The standard InChI is InChI=1S/C28H35ClFN3O5/c1-4-6-11-37-19-13-28(14-19)17-32(3)27(36)23-25(38-12-7-5-2)24(34)20(16-33(23)28)26(35)31-15-18-9-8-10-21(29)22(18)30/h8-10,16,19H,4-7,11-15,17H2,1-3H3,(H,31,35). The van der Waals surface area contributed by atoms with Gasteiger partial charge >= 0.3 is 0 Å². The summed E-state index contributed by atoms with van der Waals surface area (Å²) in [5.74, 6) is -1.76. The molecule has 0 bridgehead atoms. The summed E-state index contributed by atoms with van der Waals surface area (Å²) in [7, 11) is 1.71. The number of halogens is 2. The van der Waals surface area contributed by atoms with Crippen molar-refractivity contribution in [2.45, 2.75) is 70.6 Å². The lowest BCUT2D eigenvalue weighted by atomic mass is 9.72. The molecule has 0 saturated heterocycles. The summed E-state index contributed by atoms with van der Waals surface area (Å²) in [6.45, 7) is 5.28. The number of rotatable bonds is 11. The van der Waals surface area contributed by atoms with Gasteiger partial charge in [0.05, 0.1) is 23.3 Å². The molecule has 1 aliphatic carbocycles. The Morgan fingerprint density at radius 3 is 2.61 bits per heavy atom. The summed E-state index contributed by atoms with van der Waals surface area (Å²) in [6.07, 6.45) is 6.31. The second-order valence-electron chi connectivity index (χ2n) is 10.2. The molecule has 4 rings (SSSR count). The molecule has 1 fully saturated rings. The summed E-state index contributed by atoms with van der Waals surface area (Å²) in [4.78, 5) is 41.7. The van der Waals surface area contributed by atoms with Gasteiger partial charge in [-0.1, -0.05) is 50.4 Å². The van der Waals surface area contributed by atoms with Crippen molar-refractivity contribution >= 4 is 23.4 Å². The monoisotopic (exact) mass is 547 g/mol. The Labute approximate surface area is 227 Å². The highest BCUT2D eigenvalue weighted by atomic mass is 35.5. The summed E-state index contributed by atoms with van der Waals surface area (Å²) < 4.78 is 28.0. The number of nitrogens with zero attached hydrogens (tertiary/aromatic N) is 2. The number of pyridine rings is 1. The molecule has 0 atom stereocenters. The maximum atomic E-state index is 14.4. The molecule has 10 heteroatoms. The minimum Gasteiger partial charge on any atom is -0.487 e. The molecule has 2 aliphatic rings. The molecular weight excluding hydrogens is 513 g/mol. The van der Waals surface area contributed by atoms with Crippen LogP contribution in [0.25, 0.3) is 0 Å². The van der Waals surface area contributed by atoms with Crippen molar-refractivity contribution in [1.82, 2.24) is 14.8 Å². The van der Waals surface area contributed by atoms with Crippen LogP contribution in [0.5, 0.6) is 5.75 Å². The van der Waals surface area contributed by atoms with Crippen molar-refractivity contribution < 1.29 is 23.5 Å². The smallest absolute Gasteiger partial charge is 0.274 e. The highest BCUT2D eigenvalue weighted by molar-refractivity contribution is 6.30. The van der Waals surface area contributed by atoms with Crippen LogP contribution >= 0.6 is 11.6 Å². The first-order valence-corrected chi connectivity index (χ1v) is 13.6. The number of likely N-dealkylation sites (N-methyl/N-ethyl adjacent to an activating group) is 1. The average Bonchev–Trinajstić information content (AvgIpc) is 2.87. The van der Waals surface area contributed by atoms with Crippen molar-refractivity contribution in [2.75, 3.05) is 26.8 Å². The average molecular weight is 548 g/mol. The van der Waals surface area contributed by atoms with Gasteiger partial charge in [0.25, 0.3) is 11.8 Å². The number of amides is 2. The topological polar surface area (TPSA) is 89.9 Å². The first-order valence-electron chi connectivity index (χ1n) is 13.2. The molecule has 1 N–H and O–H groups in total. The first-order chi connectivity index (χ1) is 18.2. The summed E-state index contributed by atoms with van der Waals surface area (Å²) >= 11 is 5.86. The molecule has 2 heterocycles. The number of unbranched alkanes of at least 4 members (excludes halogenated alkanes) is 2.